The first-order valence-electron chi connectivity index (χ1n) is 10.5. The SMILES string of the molecule is COc1ccc(C(=O)C2C(c3ccccc3)C([N+](=O)[O-])C3C=Cc4ccccc4N32)cc1. The molecular formula is C26H22N2O4. The van der Waals surface area contributed by atoms with Crippen LogP contribution in [0.25, 0.3) is 6.08 Å². The molecule has 160 valence electrons. The summed E-state index contributed by atoms with van der Waals surface area (Å²) in [7, 11) is 1.57. The minimum Gasteiger partial charge on any atom is -0.497 e. The van der Waals surface area contributed by atoms with E-state index in [1.165, 1.54) is 0 Å². The number of nitro groups is 1. The Balaban J connectivity index is 1.69. The lowest BCUT2D eigenvalue weighted by Gasteiger charge is -2.34. The van der Waals surface area contributed by atoms with Crippen molar-refractivity contribution in [3.63, 3.8) is 0 Å². The molecule has 0 bridgehead atoms. The predicted octanol–water partition coefficient (Wildman–Crippen LogP) is 4.59. The standard InChI is InChI=1S/C26H22N2O4/c1-32-20-14-11-19(12-15-20)26(29)25-23(18-8-3-2-4-9-18)24(28(30)31)22-16-13-17-7-5-6-10-21(17)27(22)25/h2-16,22-25H,1H3. The first kappa shape index (κ1) is 20.0. The Bertz CT molecular complexity index is 1190. The Morgan fingerprint density at radius 2 is 1.66 bits per heavy atom. The summed E-state index contributed by atoms with van der Waals surface area (Å²) in [6.45, 7) is 0. The first-order valence-corrected chi connectivity index (χ1v) is 10.5. The summed E-state index contributed by atoms with van der Waals surface area (Å²) in [6.07, 6.45) is 3.79. The van der Waals surface area contributed by atoms with E-state index in [2.05, 4.69) is 0 Å². The van der Waals surface area contributed by atoms with Crippen LogP contribution in [0.5, 0.6) is 5.75 Å². The molecule has 0 aliphatic carbocycles. The molecule has 0 saturated carbocycles. The van der Waals surface area contributed by atoms with Crippen molar-refractivity contribution in [2.75, 3.05) is 12.0 Å². The van der Waals surface area contributed by atoms with Gasteiger partial charge >= 0.3 is 0 Å². The molecule has 32 heavy (non-hydrogen) atoms. The number of nitrogens with zero attached hydrogens (tertiary/aromatic N) is 2. The third-order valence-electron chi connectivity index (χ3n) is 6.44. The monoisotopic (exact) mass is 426 g/mol. The molecule has 2 aliphatic heterocycles. The molecule has 0 N–H and O–H groups in total. The molecular weight excluding hydrogens is 404 g/mol. The smallest absolute Gasteiger partial charge is 0.245 e. The van der Waals surface area contributed by atoms with Crippen molar-refractivity contribution in [1.29, 1.82) is 0 Å². The number of para-hydroxylation sites is 1. The van der Waals surface area contributed by atoms with Crippen molar-refractivity contribution in [2.45, 2.75) is 24.0 Å². The lowest BCUT2D eigenvalue weighted by atomic mass is 9.84. The summed E-state index contributed by atoms with van der Waals surface area (Å²) in [6, 6.07) is 21.9. The van der Waals surface area contributed by atoms with E-state index in [9.17, 15) is 14.9 Å². The van der Waals surface area contributed by atoms with Crippen molar-refractivity contribution in [3.8, 4) is 5.75 Å². The number of carbonyl (C=O) groups excluding carboxylic acids is 1. The van der Waals surface area contributed by atoms with Gasteiger partial charge in [0.1, 0.15) is 17.8 Å². The van der Waals surface area contributed by atoms with Crippen LogP contribution < -0.4 is 9.64 Å². The second-order valence-corrected chi connectivity index (χ2v) is 8.07. The zero-order valence-corrected chi connectivity index (χ0v) is 17.5. The Kier molecular flexibility index (Phi) is 4.98. The van der Waals surface area contributed by atoms with E-state index in [1.54, 1.807) is 31.4 Å². The van der Waals surface area contributed by atoms with Crippen LogP contribution in [-0.2, 0) is 0 Å². The molecule has 0 radical (unpaired) electrons. The molecule has 1 saturated heterocycles. The van der Waals surface area contributed by atoms with E-state index < -0.39 is 24.0 Å². The first-order chi connectivity index (χ1) is 15.6. The topological polar surface area (TPSA) is 72.7 Å². The zero-order chi connectivity index (χ0) is 22.2. The van der Waals surface area contributed by atoms with Gasteiger partial charge in [-0.1, -0.05) is 60.7 Å². The predicted molar refractivity (Wildman–Crippen MR) is 123 cm³/mol. The van der Waals surface area contributed by atoms with Crippen LogP contribution in [0.3, 0.4) is 0 Å². The van der Waals surface area contributed by atoms with Gasteiger partial charge in [0.15, 0.2) is 5.78 Å². The molecule has 6 nitrogen and oxygen atoms in total. The summed E-state index contributed by atoms with van der Waals surface area (Å²) in [5, 5.41) is 12.4. The molecule has 0 aromatic heterocycles. The molecule has 5 rings (SSSR count). The fourth-order valence-electron chi connectivity index (χ4n) is 5.03. The Morgan fingerprint density at radius 3 is 2.34 bits per heavy atom. The molecule has 6 heteroatoms. The summed E-state index contributed by atoms with van der Waals surface area (Å²) in [4.78, 5) is 28.0. The van der Waals surface area contributed by atoms with E-state index in [-0.39, 0.29) is 10.7 Å². The van der Waals surface area contributed by atoms with Gasteiger partial charge in [0.05, 0.1) is 13.0 Å². The third-order valence-corrected chi connectivity index (χ3v) is 6.44. The molecule has 0 spiro atoms. The maximum atomic E-state index is 13.9. The molecule has 4 unspecified atom stereocenters. The molecule has 4 atom stereocenters. The lowest BCUT2D eigenvalue weighted by Crippen LogP contribution is -2.44. The van der Waals surface area contributed by atoms with Crippen LogP contribution in [0.2, 0.25) is 0 Å². The lowest BCUT2D eigenvalue weighted by molar-refractivity contribution is -0.524. The minimum atomic E-state index is -0.950. The van der Waals surface area contributed by atoms with Gasteiger partial charge < -0.3 is 9.64 Å². The normalized spacial score (nSPS) is 23.3. The second kappa shape index (κ2) is 7.96. The van der Waals surface area contributed by atoms with E-state index in [0.717, 1.165) is 16.8 Å². The molecule has 2 aliphatic rings. The number of ketones is 1. The number of Topliss-reactive ketones (excluding diaryl/α,β-unsaturated/α-hetero) is 1. The van der Waals surface area contributed by atoms with E-state index in [1.807, 2.05) is 71.6 Å². The zero-order valence-electron chi connectivity index (χ0n) is 17.5. The molecule has 3 aromatic rings. The van der Waals surface area contributed by atoms with E-state index >= 15 is 0 Å². The van der Waals surface area contributed by atoms with Gasteiger partial charge in [-0.05, 0) is 41.5 Å². The fraction of sp³-hybridized carbons (Fsp3) is 0.192. The van der Waals surface area contributed by atoms with Crippen LogP contribution >= 0.6 is 0 Å². The van der Waals surface area contributed by atoms with Gasteiger partial charge in [0.25, 0.3) is 0 Å². The highest BCUT2D eigenvalue weighted by molar-refractivity contribution is 6.04. The van der Waals surface area contributed by atoms with Gasteiger partial charge in [-0.2, -0.15) is 0 Å². The molecule has 2 heterocycles. The van der Waals surface area contributed by atoms with Crippen molar-refractivity contribution in [2.24, 2.45) is 0 Å². The number of methoxy groups -OCH3 is 1. The number of carbonyl (C=O) groups is 1. The van der Waals surface area contributed by atoms with Crippen molar-refractivity contribution >= 4 is 17.5 Å². The minimum absolute atomic E-state index is 0.138. The quantitative estimate of drug-likeness (QED) is 0.339. The number of hydrogen-bond donors (Lipinski definition) is 0. The van der Waals surface area contributed by atoms with Crippen LogP contribution in [0.15, 0.2) is 84.9 Å². The van der Waals surface area contributed by atoms with Gasteiger partial charge in [-0.25, -0.2) is 0 Å². The average molecular weight is 426 g/mol. The average Bonchev–Trinajstić information content (AvgIpc) is 3.20. The Labute approximate surface area is 185 Å². The summed E-state index contributed by atoms with van der Waals surface area (Å²) in [5.41, 5.74) is 3.09. The van der Waals surface area contributed by atoms with E-state index in [4.69, 9.17) is 4.74 Å². The highest BCUT2D eigenvalue weighted by Gasteiger charge is 2.58. The Morgan fingerprint density at radius 1 is 0.969 bits per heavy atom. The van der Waals surface area contributed by atoms with Gasteiger partial charge in [0, 0.05) is 16.2 Å². The van der Waals surface area contributed by atoms with Crippen molar-refractivity contribution in [3.05, 3.63) is 112 Å². The molecule has 3 aromatic carbocycles. The maximum Gasteiger partial charge on any atom is 0.245 e. The summed E-state index contributed by atoms with van der Waals surface area (Å²) >= 11 is 0. The number of fused-ring (bicyclic) bond motifs is 3. The highest BCUT2D eigenvalue weighted by atomic mass is 16.6. The number of hydrogen-bond acceptors (Lipinski definition) is 5. The van der Waals surface area contributed by atoms with Crippen LogP contribution in [-0.4, -0.2) is 35.9 Å². The van der Waals surface area contributed by atoms with Crippen LogP contribution in [0, 0.1) is 10.1 Å². The number of benzene rings is 3. The van der Waals surface area contributed by atoms with Gasteiger partial charge in [-0.3, -0.25) is 14.9 Å². The summed E-state index contributed by atoms with van der Waals surface area (Å²) < 4.78 is 5.23. The molecule has 0 amide bonds. The molecule has 1 fully saturated rings. The van der Waals surface area contributed by atoms with E-state index in [0.29, 0.717) is 11.3 Å². The highest BCUT2D eigenvalue weighted by Crippen LogP contribution is 2.46. The van der Waals surface area contributed by atoms with Crippen molar-refractivity contribution < 1.29 is 14.5 Å². The number of anilines is 1. The number of ether oxygens (including phenoxy) is 1. The van der Waals surface area contributed by atoms with Crippen molar-refractivity contribution in [1.82, 2.24) is 0 Å². The van der Waals surface area contributed by atoms with Gasteiger partial charge in [0.2, 0.25) is 6.04 Å². The fourth-order valence-corrected chi connectivity index (χ4v) is 5.03. The largest absolute Gasteiger partial charge is 0.497 e. The summed E-state index contributed by atoms with van der Waals surface area (Å²) in [5.74, 6) is -0.0811. The second-order valence-electron chi connectivity index (χ2n) is 8.07. The number of rotatable bonds is 5. The third kappa shape index (κ3) is 3.15. The Hall–Kier alpha value is -3.93. The van der Waals surface area contributed by atoms with Crippen LogP contribution in [0.1, 0.15) is 27.4 Å². The van der Waals surface area contributed by atoms with Crippen LogP contribution in [0.4, 0.5) is 5.69 Å². The van der Waals surface area contributed by atoms with Gasteiger partial charge in [-0.15, -0.1) is 0 Å². The maximum absolute atomic E-state index is 13.9.